The Morgan fingerprint density at radius 3 is 2.60 bits per heavy atom. The van der Waals surface area contributed by atoms with E-state index in [0.29, 0.717) is 0 Å². The number of hydrogen-bond donors (Lipinski definition) is 2. The number of benzene rings is 1. The lowest BCUT2D eigenvalue weighted by atomic mass is 10.1. The van der Waals surface area contributed by atoms with E-state index in [4.69, 9.17) is 10.2 Å². The second kappa shape index (κ2) is 4.67. The minimum absolute atomic E-state index is 0.102. The summed E-state index contributed by atoms with van der Waals surface area (Å²) < 4.78 is 26.0. The normalized spacial score (nSPS) is 12.5. The van der Waals surface area contributed by atoms with Crippen molar-refractivity contribution in [1.82, 2.24) is 0 Å². The minimum atomic E-state index is -1.74. The van der Waals surface area contributed by atoms with Crippen molar-refractivity contribution in [3.63, 3.8) is 0 Å². The molecule has 0 spiro atoms. The molecule has 0 fully saturated rings. The predicted molar refractivity (Wildman–Crippen MR) is 51.4 cm³/mol. The van der Waals surface area contributed by atoms with Gasteiger partial charge in [-0.1, -0.05) is 0 Å². The first kappa shape index (κ1) is 12.1. The van der Waals surface area contributed by atoms with Crippen LogP contribution in [0.3, 0.4) is 0 Å². The largest absolute Gasteiger partial charge is 0.479 e. The van der Waals surface area contributed by atoms with Gasteiger partial charge in [0.2, 0.25) is 0 Å². The third-order valence-electron chi connectivity index (χ3n) is 1.77. The number of aliphatic carboxylic acids is 1. The van der Waals surface area contributed by atoms with Gasteiger partial charge in [0.1, 0.15) is 11.6 Å². The molecule has 1 rings (SSSR count). The standard InChI is InChI=1S/C9H7BrF2O3/c10-6-3-5(11)1-4(8(6)12)2-7(13)9(14)15/h1,3,7,13H,2H2,(H,14,15). The number of hydrogen-bond acceptors (Lipinski definition) is 2. The molecule has 0 aromatic heterocycles. The third-order valence-corrected chi connectivity index (χ3v) is 2.34. The Hall–Kier alpha value is -1.01. The number of aliphatic hydroxyl groups is 1. The monoisotopic (exact) mass is 280 g/mol. The predicted octanol–water partition coefficient (Wildman–Crippen LogP) is 1.72. The molecular formula is C9H7BrF2O3. The van der Waals surface area contributed by atoms with Gasteiger partial charge in [-0.05, 0) is 33.6 Å². The Morgan fingerprint density at radius 2 is 2.07 bits per heavy atom. The summed E-state index contributed by atoms with van der Waals surface area (Å²) >= 11 is 2.78. The average molecular weight is 281 g/mol. The van der Waals surface area contributed by atoms with Gasteiger partial charge < -0.3 is 10.2 Å². The zero-order valence-corrected chi connectivity index (χ0v) is 8.96. The fourth-order valence-corrected chi connectivity index (χ4v) is 1.53. The Labute approximate surface area is 92.5 Å². The first-order chi connectivity index (χ1) is 6.91. The Kier molecular flexibility index (Phi) is 3.76. The van der Waals surface area contributed by atoms with Crippen molar-refractivity contribution in [1.29, 1.82) is 0 Å². The Morgan fingerprint density at radius 1 is 1.47 bits per heavy atom. The van der Waals surface area contributed by atoms with Crippen LogP contribution in [0.4, 0.5) is 8.78 Å². The van der Waals surface area contributed by atoms with Gasteiger partial charge in [0.25, 0.3) is 0 Å². The van der Waals surface area contributed by atoms with E-state index in [9.17, 15) is 13.6 Å². The lowest BCUT2D eigenvalue weighted by molar-refractivity contribution is -0.146. The number of carboxylic acid groups (broad SMARTS) is 1. The van der Waals surface area contributed by atoms with E-state index >= 15 is 0 Å². The summed E-state index contributed by atoms with van der Waals surface area (Å²) in [6, 6.07) is 1.78. The molecule has 1 aromatic carbocycles. The number of aliphatic hydroxyl groups excluding tert-OH is 1. The highest BCUT2D eigenvalue weighted by Crippen LogP contribution is 2.21. The zero-order chi connectivity index (χ0) is 11.6. The van der Waals surface area contributed by atoms with Gasteiger partial charge in [-0.25, -0.2) is 13.6 Å². The van der Waals surface area contributed by atoms with Crippen molar-refractivity contribution in [2.75, 3.05) is 0 Å². The number of rotatable bonds is 3. The summed E-state index contributed by atoms with van der Waals surface area (Å²) in [4.78, 5) is 10.3. The van der Waals surface area contributed by atoms with Crippen LogP contribution in [0.25, 0.3) is 0 Å². The molecule has 15 heavy (non-hydrogen) atoms. The molecule has 1 atom stereocenters. The summed E-state index contributed by atoms with van der Waals surface area (Å²) in [6.07, 6.45) is -2.22. The SMILES string of the molecule is O=C(O)C(O)Cc1cc(F)cc(Br)c1F. The van der Waals surface area contributed by atoms with Crippen molar-refractivity contribution in [3.05, 3.63) is 33.8 Å². The molecule has 0 saturated carbocycles. The molecule has 2 N–H and O–H groups in total. The highest BCUT2D eigenvalue weighted by molar-refractivity contribution is 9.10. The summed E-state index contributed by atoms with van der Waals surface area (Å²) in [6.45, 7) is 0. The van der Waals surface area contributed by atoms with Crippen LogP contribution in [0.15, 0.2) is 16.6 Å². The number of carbonyl (C=O) groups is 1. The maximum atomic E-state index is 13.3. The van der Waals surface area contributed by atoms with E-state index in [1.54, 1.807) is 0 Å². The van der Waals surface area contributed by atoms with Crippen LogP contribution < -0.4 is 0 Å². The second-order valence-corrected chi connectivity index (χ2v) is 3.77. The molecule has 3 nitrogen and oxygen atoms in total. The lowest BCUT2D eigenvalue weighted by Crippen LogP contribution is -2.22. The van der Waals surface area contributed by atoms with Gasteiger partial charge in [-0.2, -0.15) is 0 Å². The van der Waals surface area contributed by atoms with Gasteiger partial charge in [0.05, 0.1) is 4.47 Å². The van der Waals surface area contributed by atoms with Crippen LogP contribution in [-0.2, 0) is 11.2 Å². The molecule has 0 saturated heterocycles. The van der Waals surface area contributed by atoms with E-state index in [1.807, 2.05) is 0 Å². The zero-order valence-electron chi connectivity index (χ0n) is 7.38. The van der Waals surface area contributed by atoms with Crippen molar-refractivity contribution >= 4 is 21.9 Å². The highest BCUT2D eigenvalue weighted by atomic mass is 79.9. The second-order valence-electron chi connectivity index (χ2n) is 2.92. The first-order valence-electron chi connectivity index (χ1n) is 3.96. The van der Waals surface area contributed by atoms with Crippen molar-refractivity contribution < 1.29 is 23.8 Å². The summed E-state index contributed by atoms with van der Waals surface area (Å²) in [5.41, 5.74) is -0.184. The van der Waals surface area contributed by atoms with Crippen LogP contribution in [0, 0.1) is 11.6 Å². The molecule has 6 heteroatoms. The molecule has 1 unspecified atom stereocenters. The lowest BCUT2D eigenvalue weighted by Gasteiger charge is -2.07. The average Bonchev–Trinajstić information content (AvgIpc) is 2.13. The third kappa shape index (κ3) is 2.97. The van der Waals surface area contributed by atoms with E-state index in [1.165, 1.54) is 0 Å². The Balaban J connectivity index is 2.99. The maximum Gasteiger partial charge on any atom is 0.332 e. The highest BCUT2D eigenvalue weighted by Gasteiger charge is 2.18. The van der Waals surface area contributed by atoms with E-state index < -0.39 is 30.1 Å². The molecule has 0 aliphatic carbocycles. The van der Waals surface area contributed by atoms with E-state index in [0.717, 1.165) is 12.1 Å². The fraction of sp³-hybridized carbons (Fsp3) is 0.222. The maximum absolute atomic E-state index is 13.3. The van der Waals surface area contributed by atoms with Crippen LogP contribution in [0.1, 0.15) is 5.56 Å². The van der Waals surface area contributed by atoms with Gasteiger partial charge >= 0.3 is 5.97 Å². The van der Waals surface area contributed by atoms with Crippen LogP contribution in [0.2, 0.25) is 0 Å². The summed E-state index contributed by atoms with van der Waals surface area (Å²) in [5, 5.41) is 17.4. The molecule has 0 amide bonds. The topological polar surface area (TPSA) is 57.5 Å². The first-order valence-corrected chi connectivity index (χ1v) is 4.75. The van der Waals surface area contributed by atoms with Crippen LogP contribution in [0.5, 0.6) is 0 Å². The molecule has 0 radical (unpaired) electrons. The molecule has 1 aromatic rings. The van der Waals surface area contributed by atoms with Crippen molar-refractivity contribution in [3.8, 4) is 0 Å². The molecular weight excluding hydrogens is 274 g/mol. The van der Waals surface area contributed by atoms with Crippen LogP contribution in [-0.4, -0.2) is 22.3 Å². The van der Waals surface area contributed by atoms with Crippen LogP contribution >= 0.6 is 15.9 Å². The quantitative estimate of drug-likeness (QED) is 0.829. The Bertz CT molecular complexity index is 395. The molecule has 0 heterocycles. The smallest absolute Gasteiger partial charge is 0.332 e. The van der Waals surface area contributed by atoms with Gasteiger partial charge in [0.15, 0.2) is 6.10 Å². The summed E-state index contributed by atoms with van der Waals surface area (Å²) in [7, 11) is 0. The van der Waals surface area contributed by atoms with E-state index in [2.05, 4.69) is 15.9 Å². The van der Waals surface area contributed by atoms with Crippen molar-refractivity contribution in [2.24, 2.45) is 0 Å². The summed E-state index contributed by atoms with van der Waals surface area (Å²) in [5.74, 6) is -2.94. The number of halogens is 3. The molecule has 0 aliphatic heterocycles. The number of carboxylic acids is 1. The molecule has 0 bridgehead atoms. The van der Waals surface area contributed by atoms with Crippen molar-refractivity contribution in [2.45, 2.75) is 12.5 Å². The molecule has 0 aliphatic rings. The van der Waals surface area contributed by atoms with Gasteiger partial charge in [-0.15, -0.1) is 0 Å². The van der Waals surface area contributed by atoms with Gasteiger partial charge in [0, 0.05) is 6.42 Å². The van der Waals surface area contributed by atoms with Gasteiger partial charge in [-0.3, -0.25) is 0 Å². The molecule has 82 valence electrons. The van der Waals surface area contributed by atoms with E-state index in [-0.39, 0.29) is 10.0 Å². The fourth-order valence-electron chi connectivity index (χ4n) is 1.05. The minimum Gasteiger partial charge on any atom is -0.479 e.